The van der Waals surface area contributed by atoms with Gasteiger partial charge in [-0.1, -0.05) is 48.0 Å². The van der Waals surface area contributed by atoms with Gasteiger partial charge in [0.05, 0.1) is 17.8 Å². The van der Waals surface area contributed by atoms with E-state index in [1.165, 1.54) is 67.1 Å². The zero-order valence-electron chi connectivity index (χ0n) is 25.6. The highest BCUT2D eigenvalue weighted by molar-refractivity contribution is 6.36. The topological polar surface area (TPSA) is 16.2 Å². The Morgan fingerprint density at radius 1 is 0.814 bits per heavy atom. The summed E-state index contributed by atoms with van der Waals surface area (Å²) in [5, 5.41) is 0. The van der Waals surface area contributed by atoms with Crippen LogP contribution in [0.1, 0.15) is 64.8 Å². The summed E-state index contributed by atoms with van der Waals surface area (Å²) in [6, 6.07) is 16.0. The molecule has 0 saturated heterocycles. The maximum Gasteiger partial charge on any atom is 0.219 e. The predicted molar refractivity (Wildman–Crippen MR) is 179 cm³/mol. The lowest BCUT2D eigenvalue weighted by atomic mass is 9.66. The first-order valence-electron chi connectivity index (χ1n) is 15.7. The number of nitrogens with zero attached hydrogens (tertiary/aromatic N) is 2. The van der Waals surface area contributed by atoms with Gasteiger partial charge in [0.25, 0.3) is 0 Å². The minimum absolute atomic E-state index is 0.473. The first-order chi connectivity index (χ1) is 20.9. The Kier molecular flexibility index (Phi) is 5.92. The van der Waals surface area contributed by atoms with Crippen LogP contribution < -0.4 is 10.0 Å². The molecule has 3 aliphatic carbocycles. The van der Waals surface area contributed by atoms with Gasteiger partial charge in [0.2, 0.25) is 17.1 Å². The summed E-state index contributed by atoms with van der Waals surface area (Å²) in [6.45, 7) is 9.41. The van der Waals surface area contributed by atoms with Crippen LogP contribution in [-0.2, 0) is 12.0 Å². The Labute approximate surface area is 256 Å². The van der Waals surface area contributed by atoms with Crippen LogP contribution in [0.5, 0.6) is 0 Å². The Bertz CT molecular complexity index is 1990. The molecule has 9 rings (SSSR count). The third kappa shape index (κ3) is 3.67. The molecular weight excluding hydrogens is 519 g/mol. The van der Waals surface area contributed by atoms with Crippen LogP contribution in [0.25, 0.3) is 17.0 Å². The molecule has 1 unspecified atom stereocenters. The van der Waals surface area contributed by atoms with E-state index in [2.05, 4.69) is 117 Å². The summed E-state index contributed by atoms with van der Waals surface area (Å²) in [4.78, 5) is 5.57. The SMILES string of the molecule is [B]c1cc(C)c(C)cc1-c1cccc2[n+]1/C1=C\C=C/C(=NCc3cc(C)c(C)cc31)C21C2=C(CCC=C2)C2=C1CCC=C2. The highest BCUT2D eigenvalue weighted by atomic mass is 15.0. The van der Waals surface area contributed by atoms with E-state index in [1.54, 1.807) is 0 Å². The van der Waals surface area contributed by atoms with Gasteiger partial charge in [0.1, 0.15) is 13.3 Å². The van der Waals surface area contributed by atoms with E-state index < -0.39 is 5.41 Å². The number of fused-ring (bicyclic) bond motifs is 3. The Morgan fingerprint density at radius 3 is 2.42 bits per heavy atom. The molecule has 2 nitrogen and oxygen atoms in total. The molecule has 1 spiro atoms. The molecule has 0 saturated carbocycles. The molecule has 3 aromatic rings. The van der Waals surface area contributed by atoms with E-state index >= 15 is 0 Å². The van der Waals surface area contributed by atoms with Gasteiger partial charge in [-0.2, -0.15) is 4.57 Å². The largest absolute Gasteiger partial charge is 0.283 e. The summed E-state index contributed by atoms with van der Waals surface area (Å²) >= 11 is 0. The van der Waals surface area contributed by atoms with Crippen molar-refractivity contribution in [2.24, 2.45) is 4.99 Å². The van der Waals surface area contributed by atoms with E-state index in [9.17, 15) is 0 Å². The lowest BCUT2D eigenvalue weighted by Gasteiger charge is -2.35. The van der Waals surface area contributed by atoms with Crippen molar-refractivity contribution in [1.29, 1.82) is 0 Å². The van der Waals surface area contributed by atoms with Gasteiger partial charge in [-0.3, -0.25) is 4.99 Å². The number of hydrogen-bond acceptors (Lipinski definition) is 1. The maximum atomic E-state index is 6.87. The molecule has 43 heavy (non-hydrogen) atoms. The molecule has 0 amide bonds. The van der Waals surface area contributed by atoms with Crippen molar-refractivity contribution in [2.45, 2.75) is 65.3 Å². The third-order valence-corrected chi connectivity index (χ3v) is 10.4. The second-order valence-electron chi connectivity index (χ2n) is 12.8. The van der Waals surface area contributed by atoms with Gasteiger partial charge < -0.3 is 0 Å². The fourth-order valence-corrected chi connectivity index (χ4v) is 8.07. The quantitative estimate of drug-likeness (QED) is 0.217. The van der Waals surface area contributed by atoms with Gasteiger partial charge in [-0.15, -0.1) is 0 Å². The second kappa shape index (κ2) is 9.64. The van der Waals surface area contributed by atoms with E-state index in [4.69, 9.17) is 12.8 Å². The number of rotatable bonds is 1. The maximum absolute atomic E-state index is 6.87. The van der Waals surface area contributed by atoms with Crippen molar-refractivity contribution in [2.75, 3.05) is 0 Å². The molecule has 2 radical (unpaired) electrons. The third-order valence-electron chi connectivity index (χ3n) is 10.4. The monoisotopic (exact) mass is 555 g/mol. The van der Waals surface area contributed by atoms with Crippen LogP contribution in [0.3, 0.4) is 0 Å². The molecule has 0 N–H and O–H groups in total. The molecule has 208 valence electrons. The number of allylic oxidation sites excluding steroid dienone is 11. The van der Waals surface area contributed by atoms with Crippen molar-refractivity contribution in [3.05, 3.63) is 146 Å². The molecule has 3 heteroatoms. The zero-order chi connectivity index (χ0) is 29.5. The summed E-state index contributed by atoms with van der Waals surface area (Å²) in [6.07, 6.45) is 20.6. The van der Waals surface area contributed by atoms with Crippen molar-refractivity contribution in [1.82, 2.24) is 0 Å². The van der Waals surface area contributed by atoms with Crippen molar-refractivity contribution in [3.8, 4) is 11.3 Å². The number of pyridine rings is 1. The molecule has 1 aromatic heterocycles. The molecule has 0 fully saturated rings. The van der Waals surface area contributed by atoms with Gasteiger partial charge in [-0.05, 0) is 128 Å². The van der Waals surface area contributed by atoms with Crippen LogP contribution in [0.15, 0.2) is 112 Å². The zero-order valence-corrected chi connectivity index (χ0v) is 25.6. The molecule has 4 heterocycles. The van der Waals surface area contributed by atoms with E-state index in [0.717, 1.165) is 48.1 Å². The summed E-state index contributed by atoms with van der Waals surface area (Å²) < 4.78 is 2.54. The average Bonchev–Trinajstić information content (AvgIpc) is 3.35. The van der Waals surface area contributed by atoms with Crippen LogP contribution in [0.2, 0.25) is 0 Å². The summed E-state index contributed by atoms with van der Waals surface area (Å²) in [5.74, 6) is 0. The fourth-order valence-electron chi connectivity index (χ4n) is 8.07. The smallest absolute Gasteiger partial charge is 0.219 e. The standard InChI is InChI=1S/C40H36BN2/c1-24-19-28-23-42-38-17-9-15-36(31(28)20-25(24)2)43-37(32-21-26(3)27(4)22-35(32)41)16-10-18-39(43)40(38)33-13-7-5-11-29(33)30-12-6-8-14-34(30)40/h5,8-11,14-22H,6-7,12-13,23H2,1-4H3/q+1/b17-9-,36-15-,42-38?. The number of aryl methyl sites for hydroxylation is 4. The van der Waals surface area contributed by atoms with Crippen LogP contribution >= 0.6 is 0 Å². The van der Waals surface area contributed by atoms with E-state index in [1.807, 2.05) is 0 Å². The number of aliphatic imine (C=N–C) groups is 1. The highest BCUT2D eigenvalue weighted by Gasteiger charge is 2.56. The highest BCUT2D eigenvalue weighted by Crippen LogP contribution is 2.56. The summed E-state index contributed by atoms with van der Waals surface area (Å²) in [7, 11) is 6.87. The lowest BCUT2D eigenvalue weighted by molar-refractivity contribution is -0.578. The molecular formula is C40H36BN2+. The molecule has 3 aliphatic heterocycles. The lowest BCUT2D eigenvalue weighted by Crippen LogP contribution is -2.52. The van der Waals surface area contributed by atoms with E-state index in [0.29, 0.717) is 6.54 Å². The number of aromatic nitrogens is 1. The Morgan fingerprint density at radius 2 is 1.56 bits per heavy atom. The predicted octanol–water partition coefficient (Wildman–Crippen LogP) is 7.63. The summed E-state index contributed by atoms with van der Waals surface area (Å²) in [5.41, 5.74) is 19.5. The minimum Gasteiger partial charge on any atom is -0.283 e. The van der Waals surface area contributed by atoms with Crippen molar-refractivity contribution < 1.29 is 4.57 Å². The van der Waals surface area contributed by atoms with E-state index in [-0.39, 0.29) is 0 Å². The van der Waals surface area contributed by atoms with Crippen LogP contribution in [-0.4, -0.2) is 13.6 Å². The fraction of sp³-hybridized carbons (Fsp3) is 0.250. The molecule has 1 atom stereocenters. The van der Waals surface area contributed by atoms with Crippen LogP contribution in [0, 0.1) is 27.7 Å². The average molecular weight is 556 g/mol. The second-order valence-corrected chi connectivity index (χ2v) is 12.8. The van der Waals surface area contributed by atoms with Gasteiger partial charge in [0, 0.05) is 23.8 Å². The van der Waals surface area contributed by atoms with Gasteiger partial charge in [0.15, 0.2) is 0 Å². The van der Waals surface area contributed by atoms with Gasteiger partial charge >= 0.3 is 0 Å². The minimum atomic E-state index is -0.473. The number of hydrogen-bond donors (Lipinski definition) is 0. The van der Waals surface area contributed by atoms with Crippen molar-refractivity contribution in [3.63, 3.8) is 0 Å². The molecule has 2 bridgehead atoms. The Hall–Kier alpha value is -4.24. The molecule has 2 aromatic carbocycles. The Balaban J connectivity index is 1.57. The molecule has 6 aliphatic rings. The first kappa shape index (κ1) is 26.4. The first-order valence-corrected chi connectivity index (χ1v) is 15.7. The van der Waals surface area contributed by atoms with Crippen molar-refractivity contribution >= 4 is 24.7 Å². The number of benzene rings is 2. The van der Waals surface area contributed by atoms with Gasteiger partial charge in [-0.25, -0.2) is 0 Å². The van der Waals surface area contributed by atoms with Crippen LogP contribution in [0.4, 0.5) is 0 Å². The normalized spacial score (nSPS) is 23.4.